The van der Waals surface area contributed by atoms with Crippen molar-refractivity contribution in [3.05, 3.63) is 70.0 Å². The molecule has 0 unspecified atom stereocenters. The first-order chi connectivity index (χ1) is 17.7. The lowest BCUT2D eigenvalue weighted by molar-refractivity contribution is -0.137. The van der Waals surface area contributed by atoms with Gasteiger partial charge >= 0.3 is 5.97 Å². The predicted molar refractivity (Wildman–Crippen MR) is 139 cm³/mol. The Hall–Kier alpha value is -3.26. The molecule has 196 valence electrons. The van der Waals surface area contributed by atoms with Crippen molar-refractivity contribution in [2.75, 3.05) is 6.54 Å². The van der Waals surface area contributed by atoms with E-state index in [1.807, 2.05) is 6.92 Å². The molecule has 2 aromatic carbocycles. The molecule has 1 aliphatic heterocycles. The summed E-state index contributed by atoms with van der Waals surface area (Å²) in [5.41, 5.74) is 0.647. The van der Waals surface area contributed by atoms with Crippen LogP contribution in [-0.2, 0) is 9.59 Å². The largest absolute Gasteiger partial charge is 0.481 e. The van der Waals surface area contributed by atoms with Crippen LogP contribution < -0.4 is 5.32 Å². The zero-order valence-electron chi connectivity index (χ0n) is 21.0. The van der Waals surface area contributed by atoms with Crippen molar-refractivity contribution >= 4 is 35.1 Å². The van der Waals surface area contributed by atoms with Gasteiger partial charge < -0.3 is 15.3 Å². The number of benzene rings is 2. The highest BCUT2D eigenvalue weighted by Crippen LogP contribution is 2.46. The summed E-state index contributed by atoms with van der Waals surface area (Å²) in [5.74, 6) is -1.77. The standard InChI is InChI=1S/C28H31ClFN3O4/c1-3-18-11-14-28(15-12-18)32-25(21-5-4-6-22(29)24(21)30)27(37)33(28)17(2)19-7-9-20(10-8-19)26(36)31-16-13-23(34)35/h4-10,17-18H,3,11-16H2,1-2H3,(H,31,36)(H,34,35)/t17-,18?,28?/m1/s1. The topological polar surface area (TPSA) is 99.1 Å². The van der Waals surface area contributed by atoms with E-state index in [1.54, 1.807) is 35.2 Å². The Morgan fingerprint density at radius 3 is 2.51 bits per heavy atom. The number of hydrogen-bond acceptors (Lipinski definition) is 4. The van der Waals surface area contributed by atoms with E-state index < -0.39 is 17.4 Å². The number of halogens is 2. The lowest BCUT2D eigenvalue weighted by atomic mass is 9.79. The van der Waals surface area contributed by atoms with Crippen LogP contribution >= 0.6 is 11.6 Å². The highest BCUT2D eigenvalue weighted by molar-refractivity contribution is 6.47. The van der Waals surface area contributed by atoms with Crippen LogP contribution in [0.5, 0.6) is 0 Å². The van der Waals surface area contributed by atoms with Crippen LogP contribution in [0.2, 0.25) is 5.02 Å². The summed E-state index contributed by atoms with van der Waals surface area (Å²) in [4.78, 5) is 43.5. The Bertz CT molecular complexity index is 1220. The molecule has 7 nitrogen and oxygen atoms in total. The van der Waals surface area contributed by atoms with E-state index in [0.29, 0.717) is 24.3 Å². The summed E-state index contributed by atoms with van der Waals surface area (Å²) in [6.07, 6.45) is 4.15. The first-order valence-electron chi connectivity index (χ1n) is 12.6. The molecule has 0 saturated heterocycles. The van der Waals surface area contributed by atoms with Crippen LogP contribution in [0.25, 0.3) is 0 Å². The van der Waals surface area contributed by atoms with Gasteiger partial charge in [-0.05, 0) is 68.4 Å². The van der Waals surface area contributed by atoms with Crippen LogP contribution in [0, 0.1) is 11.7 Å². The zero-order valence-corrected chi connectivity index (χ0v) is 21.7. The summed E-state index contributed by atoms with van der Waals surface area (Å²) < 4.78 is 14.9. The molecule has 1 fully saturated rings. The van der Waals surface area contributed by atoms with Gasteiger partial charge in [0.1, 0.15) is 11.4 Å². The third-order valence-corrected chi connectivity index (χ3v) is 7.84. The van der Waals surface area contributed by atoms with Crippen molar-refractivity contribution in [3.8, 4) is 0 Å². The zero-order chi connectivity index (χ0) is 26.7. The van der Waals surface area contributed by atoms with Gasteiger partial charge in [0.15, 0.2) is 5.82 Å². The second-order valence-electron chi connectivity index (χ2n) is 9.77. The maximum atomic E-state index is 14.9. The van der Waals surface area contributed by atoms with Crippen molar-refractivity contribution in [2.45, 2.75) is 64.1 Å². The van der Waals surface area contributed by atoms with Crippen LogP contribution in [0.15, 0.2) is 47.5 Å². The fourth-order valence-electron chi connectivity index (χ4n) is 5.36. The molecule has 2 N–H and O–H groups in total. The number of aliphatic imine (C=N–C) groups is 1. The van der Waals surface area contributed by atoms with Gasteiger partial charge in [-0.3, -0.25) is 19.4 Å². The molecule has 0 bridgehead atoms. The van der Waals surface area contributed by atoms with Crippen LogP contribution in [0.4, 0.5) is 4.39 Å². The van der Waals surface area contributed by atoms with E-state index in [4.69, 9.17) is 21.7 Å². The number of rotatable bonds is 8. The molecule has 0 radical (unpaired) electrons. The molecule has 1 spiro atoms. The number of nitrogens with zero attached hydrogens (tertiary/aromatic N) is 2. The van der Waals surface area contributed by atoms with E-state index in [0.717, 1.165) is 24.8 Å². The van der Waals surface area contributed by atoms with E-state index in [1.165, 1.54) is 12.1 Å². The molecule has 1 saturated carbocycles. The molecule has 4 rings (SSSR count). The lowest BCUT2D eigenvalue weighted by Gasteiger charge is -2.44. The molecule has 1 aliphatic carbocycles. The second kappa shape index (κ2) is 11.0. The summed E-state index contributed by atoms with van der Waals surface area (Å²) in [6, 6.07) is 11.1. The first kappa shape index (κ1) is 26.8. The highest BCUT2D eigenvalue weighted by Gasteiger charge is 2.51. The molecule has 37 heavy (non-hydrogen) atoms. The summed E-state index contributed by atoms with van der Waals surface area (Å²) in [7, 11) is 0. The van der Waals surface area contributed by atoms with Crippen LogP contribution in [0.1, 0.15) is 79.9 Å². The third-order valence-electron chi connectivity index (χ3n) is 7.55. The average Bonchev–Trinajstić information content (AvgIpc) is 3.16. The molecular weight excluding hydrogens is 497 g/mol. The molecule has 2 amide bonds. The monoisotopic (exact) mass is 527 g/mol. The number of amides is 2. The average molecular weight is 528 g/mol. The Balaban J connectivity index is 1.62. The summed E-state index contributed by atoms with van der Waals surface area (Å²) in [5, 5.41) is 11.3. The van der Waals surface area contributed by atoms with Gasteiger partial charge in [0.25, 0.3) is 11.8 Å². The van der Waals surface area contributed by atoms with Gasteiger partial charge in [-0.25, -0.2) is 4.39 Å². The smallest absolute Gasteiger partial charge is 0.305 e. The fraction of sp³-hybridized carbons (Fsp3) is 0.429. The van der Waals surface area contributed by atoms with Crippen molar-refractivity contribution in [3.63, 3.8) is 0 Å². The SMILES string of the molecule is CCC1CCC2(CC1)N=C(c1cccc(Cl)c1F)C(=O)N2[C@H](C)c1ccc(C(=O)NCCC(=O)O)cc1. The number of hydrogen-bond donors (Lipinski definition) is 2. The van der Waals surface area contributed by atoms with Gasteiger partial charge in [-0.15, -0.1) is 0 Å². The molecule has 0 aromatic heterocycles. The number of carboxylic acids is 1. The molecule has 2 aromatic rings. The maximum absolute atomic E-state index is 14.9. The van der Waals surface area contributed by atoms with Gasteiger partial charge in [0.05, 0.1) is 17.5 Å². The molecule has 1 heterocycles. The number of carboxylic acid groups (broad SMARTS) is 1. The van der Waals surface area contributed by atoms with Crippen LogP contribution in [0.3, 0.4) is 0 Å². The fourth-order valence-corrected chi connectivity index (χ4v) is 5.53. The summed E-state index contributed by atoms with van der Waals surface area (Å²) >= 11 is 6.02. The lowest BCUT2D eigenvalue weighted by Crippen LogP contribution is -2.50. The Labute approximate surface area is 220 Å². The number of carbonyl (C=O) groups is 3. The van der Waals surface area contributed by atoms with Crippen molar-refractivity contribution in [1.82, 2.24) is 10.2 Å². The van der Waals surface area contributed by atoms with E-state index >= 15 is 0 Å². The quantitative estimate of drug-likeness (QED) is 0.482. The normalized spacial score (nSPS) is 22.2. The van der Waals surface area contributed by atoms with E-state index in [9.17, 15) is 18.8 Å². The predicted octanol–water partition coefficient (Wildman–Crippen LogP) is 5.37. The number of nitrogens with one attached hydrogen (secondary N) is 1. The third kappa shape index (κ3) is 5.39. The van der Waals surface area contributed by atoms with Gasteiger partial charge in [0, 0.05) is 17.7 Å². The minimum atomic E-state index is -0.985. The highest BCUT2D eigenvalue weighted by atomic mass is 35.5. The van der Waals surface area contributed by atoms with E-state index in [-0.39, 0.29) is 47.1 Å². The van der Waals surface area contributed by atoms with Crippen LogP contribution in [-0.4, -0.2) is 45.7 Å². The minimum absolute atomic E-state index is 0.0378. The summed E-state index contributed by atoms with van der Waals surface area (Å²) in [6.45, 7) is 4.12. The first-order valence-corrected chi connectivity index (χ1v) is 13.0. The number of carbonyl (C=O) groups excluding carboxylic acids is 2. The molecule has 9 heteroatoms. The van der Waals surface area contributed by atoms with Crippen molar-refractivity contribution in [2.24, 2.45) is 10.9 Å². The van der Waals surface area contributed by atoms with Gasteiger partial charge in [-0.2, -0.15) is 0 Å². The van der Waals surface area contributed by atoms with Gasteiger partial charge in [0.2, 0.25) is 0 Å². The van der Waals surface area contributed by atoms with Crippen molar-refractivity contribution < 1.29 is 23.9 Å². The molecular formula is C28H31ClFN3O4. The Morgan fingerprint density at radius 2 is 1.89 bits per heavy atom. The Morgan fingerprint density at radius 1 is 1.22 bits per heavy atom. The molecule has 2 aliphatic rings. The maximum Gasteiger partial charge on any atom is 0.305 e. The Kier molecular flexibility index (Phi) is 7.97. The van der Waals surface area contributed by atoms with Gasteiger partial charge in [-0.1, -0.05) is 43.1 Å². The van der Waals surface area contributed by atoms with Crippen molar-refractivity contribution in [1.29, 1.82) is 0 Å². The minimum Gasteiger partial charge on any atom is -0.481 e. The number of aliphatic carboxylic acids is 1. The second-order valence-corrected chi connectivity index (χ2v) is 10.2. The van der Waals surface area contributed by atoms with E-state index in [2.05, 4.69) is 12.2 Å². The molecule has 1 atom stereocenters.